The van der Waals surface area contributed by atoms with Gasteiger partial charge in [-0.25, -0.2) is 4.79 Å². The Morgan fingerprint density at radius 1 is 1.44 bits per heavy atom. The minimum absolute atomic E-state index is 0.248. The second kappa shape index (κ2) is 4.49. The van der Waals surface area contributed by atoms with E-state index in [2.05, 4.69) is 0 Å². The lowest BCUT2D eigenvalue weighted by molar-refractivity contribution is -0.139. The van der Waals surface area contributed by atoms with Crippen molar-refractivity contribution in [3.63, 3.8) is 0 Å². The third kappa shape index (κ3) is 2.09. The number of carboxylic acids is 1. The lowest BCUT2D eigenvalue weighted by atomic mass is 10.2. The minimum Gasteiger partial charge on any atom is -0.480 e. The Hall–Kier alpha value is -0.970. The number of hydrogen-bond donors (Lipinski definition) is 1. The van der Waals surface area contributed by atoms with Crippen LogP contribution in [0.5, 0.6) is 5.75 Å². The second-order valence-electron chi connectivity index (χ2n) is 3.02. The van der Waals surface area contributed by atoms with Gasteiger partial charge in [-0.3, -0.25) is 0 Å². The van der Waals surface area contributed by atoms with Crippen molar-refractivity contribution in [2.24, 2.45) is 0 Å². The zero-order chi connectivity index (χ0) is 11.7. The van der Waals surface area contributed by atoms with Crippen molar-refractivity contribution in [2.45, 2.75) is 0 Å². The average molecular weight is 277 g/mol. The molecular formula is C10H6Cl2O3S. The Balaban J connectivity index is 2.44. The Kier molecular flexibility index (Phi) is 3.23. The van der Waals surface area contributed by atoms with Crippen LogP contribution >= 0.6 is 34.5 Å². The normalized spacial score (nSPS) is 10.6. The average Bonchev–Trinajstić information content (AvgIpc) is 2.69. The number of ether oxygens (including phenoxy) is 1. The molecule has 1 N–H and O–H groups in total. The van der Waals surface area contributed by atoms with Crippen LogP contribution in [0.1, 0.15) is 0 Å². The van der Waals surface area contributed by atoms with E-state index in [0.29, 0.717) is 10.8 Å². The van der Waals surface area contributed by atoms with E-state index in [1.807, 2.05) is 11.4 Å². The number of hydrogen-bond acceptors (Lipinski definition) is 3. The molecule has 0 aliphatic heterocycles. The highest BCUT2D eigenvalue weighted by Gasteiger charge is 2.13. The summed E-state index contributed by atoms with van der Waals surface area (Å²) in [6, 6.07) is 3.55. The Morgan fingerprint density at radius 2 is 2.19 bits per heavy atom. The summed E-state index contributed by atoms with van der Waals surface area (Å²) in [5.41, 5.74) is 0. The number of thiophene rings is 1. The highest BCUT2D eigenvalue weighted by Crippen LogP contribution is 2.40. The first-order valence-electron chi connectivity index (χ1n) is 4.29. The molecule has 0 aliphatic carbocycles. The van der Waals surface area contributed by atoms with Gasteiger partial charge in [0, 0.05) is 0 Å². The van der Waals surface area contributed by atoms with Crippen LogP contribution in [-0.2, 0) is 4.79 Å². The molecule has 0 unspecified atom stereocenters. The maximum absolute atomic E-state index is 10.4. The quantitative estimate of drug-likeness (QED) is 0.931. The third-order valence-corrected chi connectivity index (χ3v) is 3.85. The van der Waals surface area contributed by atoms with Gasteiger partial charge in [-0.15, -0.1) is 11.3 Å². The molecule has 0 saturated heterocycles. The Morgan fingerprint density at radius 3 is 2.88 bits per heavy atom. The third-order valence-electron chi connectivity index (χ3n) is 1.94. The van der Waals surface area contributed by atoms with Gasteiger partial charge in [-0.1, -0.05) is 23.2 Å². The number of carbonyl (C=O) groups is 1. The predicted octanol–water partition coefficient (Wildman–Crippen LogP) is 3.67. The highest BCUT2D eigenvalue weighted by atomic mass is 35.5. The van der Waals surface area contributed by atoms with Crippen LogP contribution in [0.3, 0.4) is 0 Å². The molecular weight excluding hydrogens is 271 g/mol. The van der Waals surface area contributed by atoms with E-state index in [9.17, 15) is 4.79 Å². The van der Waals surface area contributed by atoms with Gasteiger partial charge < -0.3 is 9.84 Å². The van der Waals surface area contributed by atoms with Crippen molar-refractivity contribution in [2.75, 3.05) is 6.61 Å². The number of fused-ring (bicyclic) bond motifs is 1. The fourth-order valence-electron chi connectivity index (χ4n) is 1.27. The fourth-order valence-corrected chi connectivity index (χ4v) is 2.68. The molecule has 84 valence electrons. The van der Waals surface area contributed by atoms with Crippen LogP contribution in [0.2, 0.25) is 10.0 Å². The Bertz CT molecular complexity index is 550. The van der Waals surface area contributed by atoms with E-state index in [1.165, 1.54) is 11.3 Å². The standard InChI is InChI=1S/C10H6Cl2O3S/c11-8-6(15-4-7(13)14)3-5-1-2-16-10(5)9(8)12/h1-3H,4H2,(H,13,14). The molecule has 16 heavy (non-hydrogen) atoms. The maximum atomic E-state index is 10.4. The first kappa shape index (κ1) is 11.5. The van der Waals surface area contributed by atoms with Crippen molar-refractivity contribution in [1.82, 2.24) is 0 Å². The molecule has 6 heteroatoms. The molecule has 0 fully saturated rings. The summed E-state index contributed by atoms with van der Waals surface area (Å²) in [5.74, 6) is -0.766. The molecule has 0 aliphatic rings. The van der Waals surface area contributed by atoms with Crippen molar-refractivity contribution >= 4 is 50.6 Å². The summed E-state index contributed by atoms with van der Waals surface area (Å²) >= 11 is 13.5. The molecule has 0 bridgehead atoms. The zero-order valence-electron chi connectivity index (χ0n) is 7.87. The van der Waals surface area contributed by atoms with E-state index >= 15 is 0 Å². The summed E-state index contributed by atoms with van der Waals surface area (Å²) < 4.78 is 5.91. The van der Waals surface area contributed by atoms with Crippen LogP contribution in [0.15, 0.2) is 17.5 Å². The molecule has 2 aromatic rings. The molecule has 1 heterocycles. The predicted molar refractivity (Wildman–Crippen MR) is 65.0 cm³/mol. The van der Waals surface area contributed by atoms with Crippen molar-refractivity contribution < 1.29 is 14.6 Å². The molecule has 0 saturated carbocycles. The zero-order valence-corrected chi connectivity index (χ0v) is 10.2. The van der Waals surface area contributed by atoms with E-state index in [4.69, 9.17) is 33.0 Å². The van der Waals surface area contributed by atoms with Gasteiger partial charge in [0.1, 0.15) is 10.8 Å². The van der Waals surface area contributed by atoms with Crippen molar-refractivity contribution in [3.8, 4) is 5.75 Å². The SMILES string of the molecule is O=C(O)COc1cc2ccsc2c(Cl)c1Cl. The number of benzene rings is 1. The first-order chi connectivity index (χ1) is 7.59. The summed E-state index contributed by atoms with van der Waals surface area (Å²) in [6.45, 7) is -0.439. The van der Waals surface area contributed by atoms with Crippen LogP contribution in [0, 0.1) is 0 Å². The van der Waals surface area contributed by atoms with Crippen LogP contribution in [-0.4, -0.2) is 17.7 Å². The number of aliphatic carboxylic acids is 1. The lowest BCUT2D eigenvalue weighted by Crippen LogP contribution is -2.09. The number of carboxylic acid groups (broad SMARTS) is 1. The van der Waals surface area contributed by atoms with Gasteiger partial charge in [-0.2, -0.15) is 0 Å². The van der Waals surface area contributed by atoms with E-state index in [0.717, 1.165) is 10.1 Å². The Labute approximate surface area is 105 Å². The summed E-state index contributed by atoms with van der Waals surface area (Å²) in [5, 5.41) is 11.9. The highest BCUT2D eigenvalue weighted by molar-refractivity contribution is 7.18. The van der Waals surface area contributed by atoms with Crippen LogP contribution in [0.4, 0.5) is 0 Å². The van der Waals surface area contributed by atoms with E-state index in [-0.39, 0.29) is 5.02 Å². The molecule has 1 aromatic heterocycles. The van der Waals surface area contributed by atoms with Gasteiger partial charge in [-0.05, 0) is 22.9 Å². The molecule has 0 atom stereocenters. The van der Waals surface area contributed by atoms with Gasteiger partial charge in [0.15, 0.2) is 6.61 Å². The molecule has 0 radical (unpaired) electrons. The van der Waals surface area contributed by atoms with Gasteiger partial charge >= 0.3 is 5.97 Å². The van der Waals surface area contributed by atoms with E-state index < -0.39 is 12.6 Å². The van der Waals surface area contributed by atoms with E-state index in [1.54, 1.807) is 6.07 Å². The molecule has 0 amide bonds. The summed E-state index contributed by atoms with van der Waals surface area (Å²) in [7, 11) is 0. The summed E-state index contributed by atoms with van der Waals surface area (Å²) in [4.78, 5) is 10.4. The van der Waals surface area contributed by atoms with Crippen LogP contribution < -0.4 is 4.74 Å². The first-order valence-corrected chi connectivity index (χ1v) is 5.93. The van der Waals surface area contributed by atoms with Gasteiger partial charge in [0.25, 0.3) is 0 Å². The monoisotopic (exact) mass is 276 g/mol. The largest absolute Gasteiger partial charge is 0.480 e. The van der Waals surface area contributed by atoms with Crippen molar-refractivity contribution in [3.05, 3.63) is 27.6 Å². The van der Waals surface area contributed by atoms with Gasteiger partial charge in [0.05, 0.1) is 9.72 Å². The molecule has 1 aromatic carbocycles. The number of rotatable bonds is 3. The lowest BCUT2D eigenvalue weighted by Gasteiger charge is -2.07. The maximum Gasteiger partial charge on any atom is 0.341 e. The van der Waals surface area contributed by atoms with Crippen molar-refractivity contribution in [1.29, 1.82) is 0 Å². The fraction of sp³-hybridized carbons (Fsp3) is 0.100. The van der Waals surface area contributed by atoms with Gasteiger partial charge in [0.2, 0.25) is 0 Å². The molecule has 2 rings (SSSR count). The number of halogens is 2. The smallest absolute Gasteiger partial charge is 0.341 e. The van der Waals surface area contributed by atoms with Crippen LogP contribution in [0.25, 0.3) is 10.1 Å². The minimum atomic E-state index is -1.06. The molecule has 3 nitrogen and oxygen atoms in total. The topological polar surface area (TPSA) is 46.5 Å². The summed E-state index contributed by atoms with van der Waals surface area (Å²) in [6.07, 6.45) is 0. The second-order valence-corrected chi connectivity index (χ2v) is 4.70. The molecule has 0 spiro atoms.